The summed E-state index contributed by atoms with van der Waals surface area (Å²) in [5.74, 6) is -0.690. The van der Waals surface area contributed by atoms with Gasteiger partial charge in [-0.15, -0.1) is 0 Å². The Labute approximate surface area is 126 Å². The SMILES string of the molecule is O=C(/C=C/c1cc(Br)ccc1F)N[C@H]1CCCC[C@@H]1O. The first-order valence-corrected chi connectivity index (χ1v) is 7.47. The molecule has 1 aliphatic carbocycles. The largest absolute Gasteiger partial charge is 0.391 e. The average molecular weight is 342 g/mol. The van der Waals surface area contributed by atoms with Crippen molar-refractivity contribution in [1.29, 1.82) is 0 Å². The van der Waals surface area contributed by atoms with E-state index < -0.39 is 6.10 Å². The highest BCUT2D eigenvalue weighted by molar-refractivity contribution is 9.10. The summed E-state index contributed by atoms with van der Waals surface area (Å²) in [6.07, 6.45) is 5.75. The second-order valence-corrected chi connectivity index (χ2v) is 5.88. The lowest BCUT2D eigenvalue weighted by molar-refractivity contribution is -0.118. The lowest BCUT2D eigenvalue weighted by Gasteiger charge is -2.27. The molecule has 0 aliphatic heterocycles. The first kappa shape index (κ1) is 15.2. The minimum atomic E-state index is -0.483. The molecule has 108 valence electrons. The van der Waals surface area contributed by atoms with Crippen LogP contribution in [0.2, 0.25) is 0 Å². The summed E-state index contributed by atoms with van der Waals surface area (Å²) in [7, 11) is 0. The molecule has 20 heavy (non-hydrogen) atoms. The zero-order valence-corrected chi connectivity index (χ0v) is 12.6. The average Bonchev–Trinajstić information content (AvgIpc) is 2.42. The highest BCUT2D eigenvalue weighted by Crippen LogP contribution is 2.19. The van der Waals surface area contributed by atoms with Gasteiger partial charge in [-0.3, -0.25) is 4.79 Å². The number of halogens is 2. The first-order valence-electron chi connectivity index (χ1n) is 6.68. The quantitative estimate of drug-likeness (QED) is 0.830. The van der Waals surface area contributed by atoms with Gasteiger partial charge in [-0.1, -0.05) is 28.8 Å². The maximum Gasteiger partial charge on any atom is 0.244 e. The number of benzene rings is 1. The molecule has 0 aromatic heterocycles. The van der Waals surface area contributed by atoms with E-state index in [0.29, 0.717) is 5.56 Å². The maximum absolute atomic E-state index is 13.5. The van der Waals surface area contributed by atoms with Gasteiger partial charge in [0.15, 0.2) is 0 Å². The van der Waals surface area contributed by atoms with Crippen molar-refractivity contribution in [3.8, 4) is 0 Å². The van der Waals surface area contributed by atoms with Gasteiger partial charge in [0.1, 0.15) is 5.82 Å². The Bertz CT molecular complexity index is 519. The number of nitrogens with one attached hydrogen (secondary N) is 1. The van der Waals surface area contributed by atoms with E-state index in [4.69, 9.17) is 0 Å². The van der Waals surface area contributed by atoms with Gasteiger partial charge in [0.2, 0.25) is 5.91 Å². The monoisotopic (exact) mass is 341 g/mol. The Morgan fingerprint density at radius 3 is 2.90 bits per heavy atom. The predicted molar refractivity (Wildman–Crippen MR) is 79.5 cm³/mol. The Morgan fingerprint density at radius 1 is 1.40 bits per heavy atom. The highest BCUT2D eigenvalue weighted by Gasteiger charge is 2.23. The topological polar surface area (TPSA) is 49.3 Å². The summed E-state index contributed by atoms with van der Waals surface area (Å²) in [5.41, 5.74) is 0.346. The van der Waals surface area contributed by atoms with Gasteiger partial charge in [-0.2, -0.15) is 0 Å². The van der Waals surface area contributed by atoms with Gasteiger partial charge >= 0.3 is 0 Å². The number of rotatable bonds is 3. The van der Waals surface area contributed by atoms with Crippen LogP contribution in [0.25, 0.3) is 6.08 Å². The van der Waals surface area contributed by atoms with E-state index in [0.717, 1.165) is 30.2 Å². The van der Waals surface area contributed by atoms with E-state index in [1.54, 1.807) is 12.1 Å². The Balaban J connectivity index is 1.96. The molecule has 0 saturated heterocycles. The van der Waals surface area contributed by atoms with Crippen LogP contribution in [0.4, 0.5) is 4.39 Å². The lowest BCUT2D eigenvalue weighted by atomic mass is 9.92. The van der Waals surface area contributed by atoms with Crippen LogP contribution in [0, 0.1) is 5.82 Å². The molecule has 3 nitrogen and oxygen atoms in total. The molecule has 5 heteroatoms. The lowest BCUT2D eigenvalue weighted by Crippen LogP contribution is -2.44. The Kier molecular flexibility index (Phi) is 5.31. The molecule has 1 aromatic carbocycles. The number of aliphatic hydroxyl groups excluding tert-OH is 1. The van der Waals surface area contributed by atoms with E-state index in [-0.39, 0.29) is 17.8 Å². The van der Waals surface area contributed by atoms with Crippen molar-refractivity contribution < 1.29 is 14.3 Å². The minimum absolute atomic E-state index is 0.201. The van der Waals surface area contributed by atoms with Crippen LogP contribution in [0.5, 0.6) is 0 Å². The van der Waals surface area contributed by atoms with E-state index in [2.05, 4.69) is 21.2 Å². The fourth-order valence-corrected chi connectivity index (χ4v) is 2.70. The maximum atomic E-state index is 13.5. The molecule has 1 aliphatic rings. The molecule has 1 amide bonds. The van der Waals surface area contributed by atoms with Crippen LogP contribution < -0.4 is 5.32 Å². The fraction of sp³-hybridized carbons (Fsp3) is 0.400. The number of hydrogen-bond acceptors (Lipinski definition) is 2. The molecule has 1 saturated carbocycles. The van der Waals surface area contributed by atoms with Gasteiger partial charge in [-0.05, 0) is 37.1 Å². The molecule has 0 bridgehead atoms. The second kappa shape index (κ2) is 6.99. The van der Waals surface area contributed by atoms with Crippen LogP contribution in [0.15, 0.2) is 28.7 Å². The number of hydrogen-bond donors (Lipinski definition) is 2. The first-order chi connectivity index (χ1) is 9.56. The second-order valence-electron chi connectivity index (χ2n) is 4.97. The molecule has 0 spiro atoms. The van der Waals surface area contributed by atoms with Crippen LogP contribution in [-0.2, 0) is 4.79 Å². The van der Waals surface area contributed by atoms with Crippen molar-refractivity contribution in [3.63, 3.8) is 0 Å². The van der Waals surface area contributed by atoms with Crippen molar-refractivity contribution >= 4 is 27.9 Å². The third-order valence-electron chi connectivity index (χ3n) is 3.43. The molecule has 2 N–H and O–H groups in total. The molecule has 1 fully saturated rings. The van der Waals surface area contributed by atoms with Crippen LogP contribution in [0.3, 0.4) is 0 Å². The summed E-state index contributed by atoms with van der Waals surface area (Å²) < 4.78 is 14.2. The Hall–Kier alpha value is -1.20. The molecular formula is C15H17BrFNO2. The van der Waals surface area contributed by atoms with Crippen molar-refractivity contribution in [2.24, 2.45) is 0 Å². The van der Waals surface area contributed by atoms with Crippen molar-refractivity contribution in [3.05, 3.63) is 40.1 Å². The fourth-order valence-electron chi connectivity index (χ4n) is 2.32. The van der Waals surface area contributed by atoms with E-state index in [1.165, 1.54) is 18.2 Å². The van der Waals surface area contributed by atoms with Gasteiger partial charge < -0.3 is 10.4 Å². The van der Waals surface area contributed by atoms with Crippen molar-refractivity contribution in [2.75, 3.05) is 0 Å². The van der Waals surface area contributed by atoms with Crippen molar-refractivity contribution in [2.45, 2.75) is 37.8 Å². The zero-order valence-electron chi connectivity index (χ0n) is 11.0. The molecule has 0 radical (unpaired) electrons. The number of carbonyl (C=O) groups is 1. The van der Waals surface area contributed by atoms with Crippen molar-refractivity contribution in [1.82, 2.24) is 5.32 Å². The molecule has 0 unspecified atom stereocenters. The van der Waals surface area contributed by atoms with E-state index in [1.807, 2.05) is 0 Å². The Morgan fingerprint density at radius 2 is 2.15 bits per heavy atom. The van der Waals surface area contributed by atoms with Gasteiger partial charge in [0, 0.05) is 16.1 Å². The third-order valence-corrected chi connectivity index (χ3v) is 3.92. The molecule has 2 rings (SSSR count). The zero-order chi connectivity index (χ0) is 14.5. The summed E-state index contributed by atoms with van der Waals surface area (Å²) in [6, 6.07) is 4.35. The predicted octanol–water partition coefficient (Wildman–Crippen LogP) is 3.02. The normalized spacial score (nSPS) is 22.9. The smallest absolute Gasteiger partial charge is 0.244 e. The molecule has 1 aromatic rings. The minimum Gasteiger partial charge on any atom is -0.391 e. The van der Waals surface area contributed by atoms with Crippen LogP contribution >= 0.6 is 15.9 Å². The highest BCUT2D eigenvalue weighted by atomic mass is 79.9. The van der Waals surface area contributed by atoms with Crippen LogP contribution in [-0.4, -0.2) is 23.2 Å². The van der Waals surface area contributed by atoms with E-state index >= 15 is 0 Å². The summed E-state index contributed by atoms with van der Waals surface area (Å²) in [5, 5.41) is 12.5. The summed E-state index contributed by atoms with van der Waals surface area (Å²) in [4.78, 5) is 11.8. The van der Waals surface area contributed by atoms with E-state index in [9.17, 15) is 14.3 Å². The standard InChI is InChI=1S/C15H17BrFNO2/c16-11-6-7-12(17)10(9-11)5-8-15(20)18-13-3-1-2-4-14(13)19/h5-9,13-14,19H,1-4H2,(H,18,20)/b8-5+/t13-,14-/m0/s1. The van der Waals surface area contributed by atoms with Crippen LogP contribution in [0.1, 0.15) is 31.2 Å². The number of aliphatic hydroxyl groups is 1. The molecule has 2 atom stereocenters. The third kappa shape index (κ3) is 4.15. The summed E-state index contributed by atoms with van der Waals surface area (Å²) in [6.45, 7) is 0. The molecular weight excluding hydrogens is 325 g/mol. The van der Waals surface area contributed by atoms with Gasteiger partial charge in [0.05, 0.1) is 12.1 Å². The molecule has 0 heterocycles. The van der Waals surface area contributed by atoms with Gasteiger partial charge in [0.25, 0.3) is 0 Å². The summed E-state index contributed by atoms with van der Waals surface area (Å²) >= 11 is 3.26. The number of amides is 1. The number of carbonyl (C=O) groups excluding carboxylic acids is 1. The van der Waals surface area contributed by atoms with Gasteiger partial charge in [-0.25, -0.2) is 4.39 Å².